The maximum atomic E-state index is 5.94. The van der Waals surface area contributed by atoms with E-state index in [1.165, 1.54) is 5.56 Å². The lowest BCUT2D eigenvalue weighted by Gasteiger charge is -2.30. The zero-order chi connectivity index (χ0) is 16.8. The molecule has 126 valence electrons. The van der Waals surface area contributed by atoms with Crippen LogP contribution in [0.2, 0.25) is 5.02 Å². The Hall–Kier alpha value is -2.04. The van der Waals surface area contributed by atoms with Crippen LogP contribution in [-0.4, -0.2) is 44.5 Å². The van der Waals surface area contributed by atoms with E-state index in [-0.39, 0.29) is 0 Å². The van der Waals surface area contributed by atoms with E-state index >= 15 is 0 Å². The summed E-state index contributed by atoms with van der Waals surface area (Å²) in [5, 5.41) is 7.54. The van der Waals surface area contributed by atoms with Crippen molar-refractivity contribution >= 4 is 17.8 Å². The molecule has 0 radical (unpaired) electrons. The van der Waals surface area contributed by atoms with Crippen molar-refractivity contribution in [3.8, 4) is 5.75 Å². The molecule has 1 heterocycles. The highest BCUT2D eigenvalue weighted by Crippen LogP contribution is 2.15. The molecule has 1 saturated heterocycles. The molecule has 2 aromatic carbocycles. The van der Waals surface area contributed by atoms with Crippen LogP contribution in [0.4, 0.5) is 0 Å². The Morgan fingerprint density at radius 1 is 1.12 bits per heavy atom. The van der Waals surface area contributed by atoms with Crippen molar-refractivity contribution in [1.82, 2.24) is 5.01 Å². The minimum absolute atomic E-state index is 0.796. The Balaban J connectivity index is 1.51. The van der Waals surface area contributed by atoms with E-state index in [9.17, 15) is 0 Å². The monoisotopic (exact) mass is 344 g/mol. The summed E-state index contributed by atoms with van der Waals surface area (Å²) in [6, 6.07) is 16.1. The van der Waals surface area contributed by atoms with Gasteiger partial charge in [-0.1, -0.05) is 35.9 Å². The fraction of sp³-hybridized carbons (Fsp3) is 0.316. The first-order chi connectivity index (χ1) is 11.7. The quantitative estimate of drug-likeness (QED) is 0.842. The zero-order valence-corrected chi connectivity index (χ0v) is 14.7. The normalized spacial score (nSPS) is 15.8. The van der Waals surface area contributed by atoms with Gasteiger partial charge in [-0.05, 0) is 24.3 Å². The van der Waals surface area contributed by atoms with Crippen LogP contribution in [0.1, 0.15) is 11.1 Å². The Bertz CT molecular complexity index is 679. The first-order valence-electron chi connectivity index (χ1n) is 8.24. The molecule has 3 rings (SSSR count). The molecular weight excluding hydrogens is 322 g/mol. The van der Waals surface area contributed by atoms with Gasteiger partial charge < -0.3 is 9.64 Å². The molecule has 4 nitrogen and oxygen atoms in total. The van der Waals surface area contributed by atoms with Crippen LogP contribution in [0.25, 0.3) is 0 Å². The van der Waals surface area contributed by atoms with Gasteiger partial charge in [-0.25, -0.2) is 0 Å². The lowest BCUT2D eigenvalue weighted by atomic mass is 10.2. The Morgan fingerprint density at radius 2 is 1.83 bits per heavy atom. The van der Waals surface area contributed by atoms with Crippen LogP contribution in [-0.2, 0) is 6.54 Å². The first-order valence-corrected chi connectivity index (χ1v) is 8.62. The SMILES string of the molecule is COc1ccccc1C=NN1CC[NH+](Cc2ccc(Cl)cc2)CC1. The van der Waals surface area contributed by atoms with Crippen LogP contribution < -0.4 is 9.64 Å². The van der Waals surface area contributed by atoms with Crippen molar-refractivity contribution in [2.75, 3.05) is 33.3 Å². The molecule has 0 aromatic heterocycles. The number of hydrogen-bond acceptors (Lipinski definition) is 3. The molecule has 1 fully saturated rings. The summed E-state index contributed by atoms with van der Waals surface area (Å²) < 4.78 is 5.35. The van der Waals surface area contributed by atoms with Gasteiger partial charge in [-0.2, -0.15) is 5.10 Å². The predicted octanol–water partition coefficient (Wildman–Crippen LogP) is 2.08. The number of nitrogens with one attached hydrogen (secondary N) is 1. The topological polar surface area (TPSA) is 29.3 Å². The van der Waals surface area contributed by atoms with Crippen molar-refractivity contribution in [1.29, 1.82) is 0 Å². The number of rotatable bonds is 5. The predicted molar refractivity (Wildman–Crippen MR) is 98.0 cm³/mol. The van der Waals surface area contributed by atoms with Gasteiger partial charge in [0.1, 0.15) is 12.3 Å². The third-order valence-electron chi connectivity index (χ3n) is 4.31. The zero-order valence-electron chi connectivity index (χ0n) is 13.9. The highest BCUT2D eigenvalue weighted by molar-refractivity contribution is 6.30. The molecule has 5 heteroatoms. The summed E-state index contributed by atoms with van der Waals surface area (Å²) in [6.07, 6.45) is 1.89. The molecule has 0 saturated carbocycles. The van der Waals surface area contributed by atoms with E-state index in [4.69, 9.17) is 16.3 Å². The van der Waals surface area contributed by atoms with Crippen molar-refractivity contribution < 1.29 is 9.64 Å². The number of hydrogen-bond donors (Lipinski definition) is 1. The molecule has 0 amide bonds. The Labute approximate surface area is 148 Å². The molecule has 0 bridgehead atoms. The molecular formula is C19H23ClN3O+. The van der Waals surface area contributed by atoms with Gasteiger partial charge in [-0.15, -0.1) is 0 Å². The van der Waals surface area contributed by atoms with E-state index in [0.29, 0.717) is 0 Å². The maximum Gasteiger partial charge on any atom is 0.127 e. The van der Waals surface area contributed by atoms with Gasteiger partial charge in [0.15, 0.2) is 0 Å². The number of ether oxygens (including phenoxy) is 1. The molecule has 0 atom stereocenters. The van der Waals surface area contributed by atoms with Crippen molar-refractivity contribution in [2.24, 2.45) is 5.10 Å². The third kappa shape index (κ3) is 4.49. The highest BCUT2D eigenvalue weighted by atomic mass is 35.5. The van der Waals surface area contributed by atoms with E-state index in [1.807, 2.05) is 42.6 Å². The van der Waals surface area contributed by atoms with Gasteiger partial charge in [0.2, 0.25) is 0 Å². The van der Waals surface area contributed by atoms with Gasteiger partial charge in [0.05, 0.1) is 39.5 Å². The minimum Gasteiger partial charge on any atom is -0.496 e. The molecule has 0 unspecified atom stereocenters. The van der Waals surface area contributed by atoms with Gasteiger partial charge in [0, 0.05) is 16.1 Å². The summed E-state index contributed by atoms with van der Waals surface area (Å²) in [5.41, 5.74) is 2.34. The van der Waals surface area contributed by atoms with Crippen LogP contribution >= 0.6 is 11.6 Å². The van der Waals surface area contributed by atoms with E-state index in [2.05, 4.69) is 22.2 Å². The molecule has 1 aliphatic heterocycles. The van der Waals surface area contributed by atoms with E-state index < -0.39 is 0 Å². The number of benzene rings is 2. The largest absolute Gasteiger partial charge is 0.496 e. The number of methoxy groups -OCH3 is 1. The van der Waals surface area contributed by atoms with Crippen molar-refractivity contribution in [3.05, 3.63) is 64.7 Å². The fourth-order valence-electron chi connectivity index (χ4n) is 2.91. The molecule has 0 spiro atoms. The van der Waals surface area contributed by atoms with Crippen molar-refractivity contribution in [3.63, 3.8) is 0 Å². The Morgan fingerprint density at radius 3 is 2.54 bits per heavy atom. The Kier molecular flexibility index (Phi) is 5.72. The molecule has 0 aliphatic carbocycles. The standard InChI is InChI=1S/C19H22ClN3O/c1-24-19-5-3-2-4-17(19)14-21-23-12-10-22(11-13-23)15-16-6-8-18(20)9-7-16/h2-9,14H,10-13,15H2,1H3/p+1. The molecule has 1 N–H and O–H groups in total. The minimum atomic E-state index is 0.796. The lowest BCUT2D eigenvalue weighted by molar-refractivity contribution is -0.918. The molecule has 1 aliphatic rings. The van der Waals surface area contributed by atoms with Crippen LogP contribution in [0.3, 0.4) is 0 Å². The summed E-state index contributed by atoms with van der Waals surface area (Å²) >= 11 is 5.94. The van der Waals surface area contributed by atoms with Gasteiger partial charge >= 0.3 is 0 Å². The number of halogens is 1. The summed E-state index contributed by atoms with van der Waals surface area (Å²) in [7, 11) is 1.69. The van der Waals surface area contributed by atoms with Gasteiger partial charge in [-0.3, -0.25) is 5.01 Å². The second kappa shape index (κ2) is 8.18. The second-order valence-electron chi connectivity index (χ2n) is 5.99. The maximum absolute atomic E-state index is 5.94. The second-order valence-corrected chi connectivity index (χ2v) is 6.43. The third-order valence-corrected chi connectivity index (χ3v) is 4.57. The summed E-state index contributed by atoms with van der Waals surface area (Å²) in [5.74, 6) is 0.855. The van der Waals surface area contributed by atoms with E-state index in [1.54, 1.807) is 12.0 Å². The fourth-order valence-corrected chi connectivity index (χ4v) is 3.04. The molecule has 2 aromatic rings. The number of quaternary nitrogens is 1. The van der Waals surface area contributed by atoms with Gasteiger partial charge in [0.25, 0.3) is 0 Å². The molecule has 24 heavy (non-hydrogen) atoms. The number of nitrogens with zero attached hydrogens (tertiary/aromatic N) is 2. The smallest absolute Gasteiger partial charge is 0.127 e. The number of piperazine rings is 1. The van der Waals surface area contributed by atoms with Crippen LogP contribution in [0, 0.1) is 0 Å². The highest BCUT2D eigenvalue weighted by Gasteiger charge is 2.18. The summed E-state index contributed by atoms with van der Waals surface area (Å²) in [6.45, 7) is 5.15. The lowest BCUT2D eigenvalue weighted by Crippen LogP contribution is -3.13. The average molecular weight is 345 g/mol. The number of hydrazone groups is 1. The number of para-hydroxylation sites is 1. The van der Waals surface area contributed by atoms with Crippen LogP contribution in [0.15, 0.2) is 53.6 Å². The first kappa shape index (κ1) is 16.8. The summed E-state index contributed by atoms with van der Waals surface area (Å²) in [4.78, 5) is 1.58. The van der Waals surface area contributed by atoms with Crippen molar-refractivity contribution in [2.45, 2.75) is 6.54 Å². The van der Waals surface area contributed by atoms with E-state index in [0.717, 1.165) is 49.1 Å². The van der Waals surface area contributed by atoms with Crippen LogP contribution in [0.5, 0.6) is 5.75 Å². The average Bonchev–Trinajstić information content (AvgIpc) is 2.63.